The van der Waals surface area contributed by atoms with E-state index in [1.54, 1.807) is 23.9 Å². The van der Waals surface area contributed by atoms with E-state index >= 15 is 0 Å². The molecule has 0 bridgehead atoms. The van der Waals surface area contributed by atoms with E-state index in [0.29, 0.717) is 13.0 Å². The van der Waals surface area contributed by atoms with E-state index in [9.17, 15) is 4.79 Å². The lowest BCUT2D eigenvalue weighted by Crippen LogP contribution is -2.11. The first-order valence-corrected chi connectivity index (χ1v) is 10.9. The molecule has 2 aromatic carbocycles. The second kappa shape index (κ2) is 10.0. The van der Waals surface area contributed by atoms with Crippen molar-refractivity contribution >= 4 is 33.1 Å². The number of benzene rings is 2. The molecular weight excluding hydrogens is 396 g/mol. The number of anilines is 1. The van der Waals surface area contributed by atoms with Gasteiger partial charge in [0, 0.05) is 30.6 Å². The fourth-order valence-electron chi connectivity index (χ4n) is 3.16. The third kappa shape index (κ3) is 5.67. The van der Waals surface area contributed by atoms with E-state index in [0.717, 1.165) is 47.8 Å². The number of hydrogen-bond acceptors (Lipinski definition) is 5. The lowest BCUT2D eigenvalue weighted by atomic mass is 10.2. The molecule has 0 atom stereocenters. The van der Waals surface area contributed by atoms with Crippen molar-refractivity contribution < 1.29 is 9.53 Å². The van der Waals surface area contributed by atoms with Crippen molar-refractivity contribution in [1.29, 1.82) is 0 Å². The first kappa shape index (κ1) is 20.1. The highest BCUT2D eigenvalue weighted by Crippen LogP contribution is 2.23. The summed E-state index contributed by atoms with van der Waals surface area (Å²) in [6.45, 7) is 1.27. The Morgan fingerprint density at radius 1 is 1.13 bits per heavy atom. The Kier molecular flexibility index (Phi) is 6.72. The Balaban J connectivity index is 1.18. The van der Waals surface area contributed by atoms with E-state index in [-0.39, 0.29) is 5.91 Å². The van der Waals surface area contributed by atoms with Gasteiger partial charge in [0.25, 0.3) is 0 Å². The Morgan fingerprint density at radius 2 is 2.07 bits per heavy atom. The largest absolute Gasteiger partial charge is 0.492 e. The zero-order valence-corrected chi connectivity index (χ0v) is 17.5. The van der Waals surface area contributed by atoms with Gasteiger partial charge in [-0.2, -0.15) is 0 Å². The highest BCUT2D eigenvalue weighted by atomic mass is 32.1. The molecule has 0 saturated heterocycles. The number of unbranched alkanes of at least 4 members (excludes halogenated alkanes) is 1. The van der Waals surface area contributed by atoms with Crippen molar-refractivity contribution in [3.63, 3.8) is 0 Å². The summed E-state index contributed by atoms with van der Waals surface area (Å²) in [7, 11) is 0. The Labute approximate surface area is 179 Å². The lowest BCUT2D eigenvalue weighted by Gasteiger charge is -2.09. The molecule has 4 aromatic rings. The van der Waals surface area contributed by atoms with Crippen LogP contribution in [0.4, 0.5) is 5.69 Å². The van der Waals surface area contributed by atoms with Gasteiger partial charge in [-0.15, -0.1) is 11.3 Å². The monoisotopic (exact) mass is 420 g/mol. The van der Waals surface area contributed by atoms with Crippen LogP contribution >= 0.6 is 11.3 Å². The van der Waals surface area contributed by atoms with Crippen molar-refractivity contribution in [3.8, 4) is 5.75 Å². The van der Waals surface area contributed by atoms with Crippen LogP contribution in [0.15, 0.2) is 67.3 Å². The van der Waals surface area contributed by atoms with Gasteiger partial charge in [0.1, 0.15) is 12.4 Å². The molecule has 0 spiro atoms. The normalized spacial score (nSPS) is 10.9. The summed E-state index contributed by atoms with van der Waals surface area (Å²) in [5.74, 6) is 0.763. The minimum absolute atomic E-state index is 0.0230. The maximum absolute atomic E-state index is 12.3. The topological polar surface area (TPSA) is 69.0 Å². The van der Waals surface area contributed by atoms with Crippen LogP contribution in [0.3, 0.4) is 0 Å². The van der Waals surface area contributed by atoms with E-state index in [1.807, 2.05) is 53.2 Å². The van der Waals surface area contributed by atoms with Gasteiger partial charge in [-0.25, -0.2) is 9.97 Å². The third-order valence-electron chi connectivity index (χ3n) is 4.68. The number of carbonyl (C=O) groups excluding carboxylic acids is 1. The second-order valence-electron chi connectivity index (χ2n) is 7.01. The number of carbonyl (C=O) groups is 1. The predicted molar refractivity (Wildman–Crippen MR) is 120 cm³/mol. The van der Waals surface area contributed by atoms with Crippen LogP contribution in [0.25, 0.3) is 10.2 Å². The van der Waals surface area contributed by atoms with E-state index < -0.39 is 0 Å². The number of ether oxygens (including phenoxy) is 1. The van der Waals surface area contributed by atoms with Crippen molar-refractivity contribution in [2.45, 2.75) is 32.2 Å². The SMILES string of the molecule is O=C(CCCCc1nc2ccccc2s1)Nc1cccc(OCCn2ccnc2)c1. The minimum atomic E-state index is 0.0230. The minimum Gasteiger partial charge on any atom is -0.492 e. The molecule has 0 aliphatic carbocycles. The van der Waals surface area contributed by atoms with Crippen LogP contribution in [0, 0.1) is 0 Å². The molecule has 6 nitrogen and oxygen atoms in total. The van der Waals surface area contributed by atoms with E-state index in [2.05, 4.69) is 21.4 Å². The van der Waals surface area contributed by atoms with Crippen molar-refractivity contribution in [2.24, 2.45) is 0 Å². The fourth-order valence-corrected chi connectivity index (χ4v) is 4.17. The zero-order chi connectivity index (χ0) is 20.6. The van der Waals surface area contributed by atoms with Crippen LogP contribution in [0.5, 0.6) is 5.75 Å². The summed E-state index contributed by atoms with van der Waals surface area (Å²) in [5, 5.41) is 4.10. The van der Waals surface area contributed by atoms with Gasteiger partial charge in [0.2, 0.25) is 5.91 Å². The number of nitrogens with one attached hydrogen (secondary N) is 1. The van der Waals surface area contributed by atoms with E-state index in [4.69, 9.17) is 4.74 Å². The summed E-state index contributed by atoms with van der Waals surface area (Å²) >= 11 is 1.74. The molecule has 2 heterocycles. The molecule has 1 N–H and O–H groups in total. The Hall–Kier alpha value is -3.19. The second-order valence-corrected chi connectivity index (χ2v) is 8.12. The van der Waals surface area contributed by atoms with Gasteiger partial charge < -0.3 is 14.6 Å². The van der Waals surface area contributed by atoms with Crippen LogP contribution in [-0.2, 0) is 17.8 Å². The number of fused-ring (bicyclic) bond motifs is 1. The quantitative estimate of drug-likeness (QED) is 0.370. The van der Waals surface area contributed by atoms with Gasteiger partial charge in [0.05, 0.1) is 28.1 Å². The molecule has 154 valence electrons. The molecule has 0 aliphatic heterocycles. The highest BCUT2D eigenvalue weighted by Gasteiger charge is 2.06. The number of hydrogen-bond donors (Lipinski definition) is 1. The molecule has 2 aromatic heterocycles. The molecule has 0 radical (unpaired) electrons. The van der Waals surface area contributed by atoms with Crippen molar-refractivity contribution in [1.82, 2.24) is 14.5 Å². The third-order valence-corrected chi connectivity index (χ3v) is 5.77. The Bertz CT molecular complexity index is 1060. The number of amides is 1. The highest BCUT2D eigenvalue weighted by molar-refractivity contribution is 7.18. The first-order chi connectivity index (χ1) is 14.8. The summed E-state index contributed by atoms with van der Waals surface area (Å²) in [6.07, 6.45) is 8.60. The number of imidazole rings is 1. The zero-order valence-electron chi connectivity index (χ0n) is 16.7. The number of nitrogens with zero attached hydrogens (tertiary/aromatic N) is 3. The van der Waals surface area contributed by atoms with Gasteiger partial charge in [-0.05, 0) is 43.5 Å². The number of thiazole rings is 1. The first-order valence-electron chi connectivity index (χ1n) is 10.1. The summed E-state index contributed by atoms with van der Waals surface area (Å²) in [5.41, 5.74) is 1.81. The summed E-state index contributed by atoms with van der Waals surface area (Å²) < 4.78 is 8.95. The number of aromatic nitrogens is 3. The van der Waals surface area contributed by atoms with Gasteiger partial charge >= 0.3 is 0 Å². The average molecular weight is 421 g/mol. The van der Waals surface area contributed by atoms with Crippen LogP contribution in [0.1, 0.15) is 24.3 Å². The number of aryl methyl sites for hydroxylation is 1. The van der Waals surface area contributed by atoms with Crippen LogP contribution in [-0.4, -0.2) is 27.0 Å². The summed E-state index contributed by atoms with van der Waals surface area (Å²) in [4.78, 5) is 20.9. The van der Waals surface area contributed by atoms with Gasteiger partial charge in [0.15, 0.2) is 0 Å². The van der Waals surface area contributed by atoms with Crippen LogP contribution < -0.4 is 10.1 Å². The number of rotatable bonds is 10. The van der Waals surface area contributed by atoms with Crippen molar-refractivity contribution in [2.75, 3.05) is 11.9 Å². The Morgan fingerprint density at radius 3 is 2.93 bits per heavy atom. The van der Waals surface area contributed by atoms with Crippen molar-refractivity contribution in [3.05, 3.63) is 72.3 Å². The standard InChI is InChI=1S/C23H24N4O2S/c28-22(10-3-4-11-23-26-20-8-1-2-9-21(20)30-23)25-18-6-5-7-19(16-18)29-15-14-27-13-12-24-17-27/h1-2,5-9,12-13,16-17H,3-4,10-11,14-15H2,(H,25,28). The van der Waals surface area contributed by atoms with Crippen LogP contribution in [0.2, 0.25) is 0 Å². The molecule has 0 aliphatic rings. The van der Waals surface area contributed by atoms with E-state index in [1.165, 1.54) is 4.70 Å². The maximum atomic E-state index is 12.3. The molecule has 0 saturated carbocycles. The fraction of sp³-hybridized carbons (Fsp3) is 0.261. The van der Waals surface area contributed by atoms with Gasteiger partial charge in [-0.1, -0.05) is 18.2 Å². The molecule has 0 fully saturated rings. The lowest BCUT2D eigenvalue weighted by molar-refractivity contribution is -0.116. The maximum Gasteiger partial charge on any atom is 0.224 e. The molecule has 4 rings (SSSR count). The molecule has 7 heteroatoms. The molecule has 30 heavy (non-hydrogen) atoms. The smallest absolute Gasteiger partial charge is 0.224 e. The summed E-state index contributed by atoms with van der Waals surface area (Å²) in [6, 6.07) is 15.7. The van der Waals surface area contributed by atoms with Gasteiger partial charge in [-0.3, -0.25) is 4.79 Å². The average Bonchev–Trinajstić information content (AvgIpc) is 3.41. The molecular formula is C23H24N4O2S. The number of para-hydroxylation sites is 1. The predicted octanol–water partition coefficient (Wildman–Crippen LogP) is 4.92. The molecule has 1 amide bonds. The molecule has 0 unspecified atom stereocenters.